The van der Waals surface area contributed by atoms with Crippen molar-refractivity contribution in [3.63, 3.8) is 0 Å². The van der Waals surface area contributed by atoms with Gasteiger partial charge in [0.25, 0.3) is 5.91 Å². The number of pyridine rings is 1. The van der Waals surface area contributed by atoms with Crippen molar-refractivity contribution in [1.29, 1.82) is 0 Å². The molecule has 1 heterocycles. The van der Waals surface area contributed by atoms with Crippen LogP contribution in [0.1, 0.15) is 10.4 Å². The first-order valence-corrected chi connectivity index (χ1v) is 6.49. The maximum absolute atomic E-state index is 12.1. The first-order valence-electron chi connectivity index (χ1n) is 6.49. The van der Waals surface area contributed by atoms with Crippen molar-refractivity contribution in [1.82, 2.24) is 0 Å². The summed E-state index contributed by atoms with van der Waals surface area (Å²) in [4.78, 5) is 12.1. The van der Waals surface area contributed by atoms with Crippen LogP contribution >= 0.6 is 0 Å². The summed E-state index contributed by atoms with van der Waals surface area (Å²) in [5, 5.41) is 4.02. The number of hydrogen-bond donors (Lipinski definition) is 1. The molecule has 3 aromatic rings. The molecule has 0 fully saturated rings. The van der Waals surface area contributed by atoms with Crippen LogP contribution in [0, 0.1) is 0 Å². The summed E-state index contributed by atoms with van der Waals surface area (Å²) in [6.07, 6.45) is 2.00. The van der Waals surface area contributed by atoms with E-state index in [4.69, 9.17) is 0 Å². The smallest absolute Gasteiger partial charge is 0.255 e. The average Bonchev–Trinajstić information content (AvgIpc) is 2.48. The fraction of sp³-hybridized carbons (Fsp3) is 0.0588. The van der Waals surface area contributed by atoms with Crippen molar-refractivity contribution in [2.45, 2.75) is 0 Å². The topological polar surface area (TPSA) is 33.0 Å². The Bertz CT molecular complexity index is 772. The van der Waals surface area contributed by atoms with Crippen molar-refractivity contribution < 1.29 is 33.3 Å². The summed E-state index contributed by atoms with van der Waals surface area (Å²) in [7, 11) is 2.00. The van der Waals surface area contributed by atoms with Gasteiger partial charge in [-0.05, 0) is 30.3 Å². The van der Waals surface area contributed by atoms with E-state index in [1.807, 2.05) is 61.8 Å². The molecule has 4 heteroatoms. The molecule has 1 amide bonds. The number of amides is 1. The third kappa shape index (κ3) is 3.39. The van der Waals surface area contributed by atoms with Crippen LogP contribution in [-0.2, 0) is 7.05 Å². The lowest BCUT2D eigenvalue weighted by atomic mass is 10.1. The fourth-order valence-corrected chi connectivity index (χ4v) is 2.24. The number of nitrogens with zero attached hydrogens (tertiary/aromatic N) is 1. The quantitative estimate of drug-likeness (QED) is 0.482. The zero-order chi connectivity index (χ0) is 13.9. The summed E-state index contributed by atoms with van der Waals surface area (Å²) < 4.78 is 2.05. The van der Waals surface area contributed by atoms with Gasteiger partial charge in [0.2, 0.25) is 5.52 Å². The van der Waals surface area contributed by atoms with Crippen LogP contribution in [0.2, 0.25) is 0 Å². The Morgan fingerprint density at radius 3 is 2.52 bits per heavy atom. The Labute approximate surface area is 140 Å². The summed E-state index contributed by atoms with van der Waals surface area (Å²) in [6.45, 7) is 0. The number of halogens is 1. The molecule has 0 radical (unpaired) electrons. The molecule has 3 rings (SSSR count). The Morgan fingerprint density at radius 2 is 1.76 bits per heavy atom. The minimum atomic E-state index is -0.0924. The molecule has 0 bridgehead atoms. The normalized spacial score (nSPS) is 9.95. The van der Waals surface area contributed by atoms with E-state index < -0.39 is 0 Å². The van der Waals surface area contributed by atoms with Crippen molar-refractivity contribution in [2.75, 3.05) is 5.32 Å². The Morgan fingerprint density at radius 1 is 1.00 bits per heavy atom. The molecule has 106 valence electrons. The van der Waals surface area contributed by atoms with E-state index in [-0.39, 0.29) is 29.9 Å². The number of fused-ring (bicyclic) bond motifs is 1. The summed E-state index contributed by atoms with van der Waals surface area (Å²) in [5.41, 5.74) is 2.59. The van der Waals surface area contributed by atoms with Crippen LogP contribution in [0.25, 0.3) is 10.9 Å². The van der Waals surface area contributed by atoms with Gasteiger partial charge in [-0.25, -0.2) is 4.57 Å². The van der Waals surface area contributed by atoms with Crippen LogP contribution in [0.4, 0.5) is 5.69 Å². The maximum atomic E-state index is 12.1. The first kappa shape index (κ1) is 15.4. The number of rotatable bonds is 2. The van der Waals surface area contributed by atoms with Gasteiger partial charge in [-0.3, -0.25) is 4.79 Å². The highest BCUT2D eigenvalue weighted by molar-refractivity contribution is 6.04. The fourth-order valence-electron chi connectivity index (χ4n) is 2.24. The van der Waals surface area contributed by atoms with Crippen LogP contribution in [0.5, 0.6) is 0 Å². The van der Waals surface area contributed by atoms with Gasteiger partial charge >= 0.3 is 0 Å². The molecule has 0 aliphatic rings. The second-order valence-electron chi connectivity index (χ2n) is 4.71. The Hall–Kier alpha value is -1.95. The van der Waals surface area contributed by atoms with Gasteiger partial charge in [0.1, 0.15) is 7.05 Å². The largest absolute Gasteiger partial charge is 1.00 e. The number of nitrogens with one attached hydrogen (secondary N) is 1. The zero-order valence-electron chi connectivity index (χ0n) is 11.6. The number of aryl methyl sites for hydroxylation is 1. The maximum Gasteiger partial charge on any atom is 0.255 e. The Kier molecular flexibility index (Phi) is 4.90. The molecule has 0 saturated carbocycles. The summed E-state index contributed by atoms with van der Waals surface area (Å²) in [5.74, 6) is -0.0924. The van der Waals surface area contributed by atoms with Crippen LogP contribution in [-0.4, -0.2) is 5.91 Å². The van der Waals surface area contributed by atoms with E-state index in [1.165, 1.54) is 0 Å². The molecule has 0 spiro atoms. The number of carbonyl (C=O) groups is 1. The molecule has 1 N–H and O–H groups in total. The number of benzene rings is 2. The minimum absolute atomic E-state index is 0. The van der Waals surface area contributed by atoms with Gasteiger partial charge in [-0.1, -0.05) is 18.2 Å². The molecule has 0 saturated heterocycles. The molecule has 1 aromatic heterocycles. The lowest BCUT2D eigenvalue weighted by Crippen LogP contribution is -3.00. The molecular weight excluding hydrogens is 375 g/mol. The van der Waals surface area contributed by atoms with E-state index in [0.29, 0.717) is 5.56 Å². The molecule has 3 nitrogen and oxygen atoms in total. The molecule has 0 atom stereocenters. The molecular formula is C17H15IN2O. The molecule has 0 unspecified atom stereocenters. The SMILES string of the molecule is C[n+]1cccc2cc(NC(=O)c3ccccc3)ccc21.[I-]. The highest BCUT2D eigenvalue weighted by Gasteiger charge is 2.08. The third-order valence-corrected chi connectivity index (χ3v) is 3.29. The number of carbonyl (C=O) groups excluding carboxylic acids is 1. The minimum Gasteiger partial charge on any atom is -1.00 e. The van der Waals surface area contributed by atoms with Crippen LogP contribution < -0.4 is 33.9 Å². The lowest BCUT2D eigenvalue weighted by molar-refractivity contribution is -0.644. The lowest BCUT2D eigenvalue weighted by Gasteiger charge is -2.05. The van der Waals surface area contributed by atoms with Gasteiger partial charge in [0.05, 0.1) is 0 Å². The number of hydrogen-bond acceptors (Lipinski definition) is 1. The van der Waals surface area contributed by atoms with Crippen molar-refractivity contribution in [3.8, 4) is 0 Å². The number of anilines is 1. The predicted octanol–water partition coefficient (Wildman–Crippen LogP) is -0.0794. The highest BCUT2D eigenvalue weighted by atomic mass is 127. The van der Waals surface area contributed by atoms with E-state index >= 15 is 0 Å². The van der Waals surface area contributed by atoms with Crippen molar-refractivity contribution in [2.24, 2.45) is 7.05 Å². The summed E-state index contributed by atoms with van der Waals surface area (Å²) in [6, 6.07) is 19.2. The third-order valence-electron chi connectivity index (χ3n) is 3.29. The van der Waals surface area contributed by atoms with Crippen LogP contribution in [0.15, 0.2) is 66.9 Å². The molecule has 21 heavy (non-hydrogen) atoms. The van der Waals surface area contributed by atoms with Crippen molar-refractivity contribution >= 4 is 22.5 Å². The van der Waals surface area contributed by atoms with Gasteiger partial charge in [0, 0.05) is 28.8 Å². The van der Waals surface area contributed by atoms with E-state index in [2.05, 4.69) is 9.88 Å². The predicted molar refractivity (Wildman–Crippen MR) is 79.5 cm³/mol. The number of aromatic nitrogens is 1. The van der Waals surface area contributed by atoms with E-state index in [9.17, 15) is 4.79 Å². The van der Waals surface area contributed by atoms with Gasteiger partial charge in [0.15, 0.2) is 6.20 Å². The van der Waals surface area contributed by atoms with E-state index in [1.54, 1.807) is 12.1 Å². The van der Waals surface area contributed by atoms with Crippen molar-refractivity contribution in [3.05, 3.63) is 72.4 Å². The highest BCUT2D eigenvalue weighted by Crippen LogP contribution is 2.16. The average molecular weight is 390 g/mol. The summed E-state index contributed by atoms with van der Waals surface area (Å²) >= 11 is 0. The zero-order valence-corrected chi connectivity index (χ0v) is 13.7. The second-order valence-corrected chi connectivity index (χ2v) is 4.71. The second kappa shape index (κ2) is 6.67. The molecule has 0 aliphatic carbocycles. The monoisotopic (exact) mass is 390 g/mol. The van der Waals surface area contributed by atoms with Gasteiger partial charge < -0.3 is 29.3 Å². The van der Waals surface area contributed by atoms with Gasteiger partial charge in [-0.2, -0.15) is 0 Å². The van der Waals surface area contributed by atoms with Crippen LogP contribution in [0.3, 0.4) is 0 Å². The van der Waals surface area contributed by atoms with Gasteiger partial charge in [-0.15, -0.1) is 0 Å². The molecule has 0 aliphatic heterocycles. The molecule has 2 aromatic carbocycles. The standard InChI is InChI=1S/C17H14N2O.HI/c1-19-11-5-8-14-12-15(9-10-16(14)19)18-17(20)13-6-3-2-4-7-13;/h2-12H,1H3;1H. The van der Waals surface area contributed by atoms with E-state index in [0.717, 1.165) is 16.6 Å². The Balaban J connectivity index is 0.00000161. The first-order chi connectivity index (χ1) is 9.74.